The number of halogens is 5. The Bertz CT molecular complexity index is 1460. The first-order chi connectivity index (χ1) is 19.1. The molecule has 222 valence electrons. The number of alkyl halides is 3. The number of carbonyl (C=O) groups is 1. The third-order valence-electron chi connectivity index (χ3n) is 8.24. The molecule has 1 heterocycles. The van der Waals surface area contributed by atoms with Crippen LogP contribution >= 0.6 is 11.6 Å². The van der Waals surface area contributed by atoms with Crippen LogP contribution in [-0.4, -0.2) is 54.3 Å². The van der Waals surface area contributed by atoms with Crippen LogP contribution in [0.5, 0.6) is 0 Å². The lowest BCUT2D eigenvalue weighted by Crippen LogP contribution is -2.78. The van der Waals surface area contributed by atoms with Crippen molar-refractivity contribution >= 4 is 33.4 Å². The molecule has 2 N–H and O–H groups in total. The van der Waals surface area contributed by atoms with Crippen LogP contribution in [0.2, 0.25) is 5.02 Å². The predicted octanol–water partition coefficient (Wildman–Crippen LogP) is 5.20. The fraction of sp³-hybridized carbons (Fsp3) is 0.500. The highest BCUT2D eigenvalue weighted by molar-refractivity contribution is 7.89. The Balaban J connectivity index is 1.33. The molecule has 1 atom stereocenters. The molecule has 0 radical (unpaired) electrons. The Morgan fingerprint density at radius 2 is 1.80 bits per heavy atom. The van der Waals surface area contributed by atoms with Gasteiger partial charge in [-0.3, -0.25) is 9.79 Å². The minimum atomic E-state index is -4.28. The summed E-state index contributed by atoms with van der Waals surface area (Å²) in [6.07, 6.45) is -4.10. The van der Waals surface area contributed by atoms with Crippen molar-refractivity contribution in [3.8, 4) is 0 Å². The van der Waals surface area contributed by atoms with Gasteiger partial charge in [0.25, 0.3) is 0 Å². The summed E-state index contributed by atoms with van der Waals surface area (Å²) in [5.41, 5.74) is -1.47. The monoisotopic (exact) mass is 614 g/mol. The molecule has 2 bridgehead atoms. The maximum Gasteiger partial charge on any atom is 0.389 e. The topological polar surface area (TPSA) is 90.9 Å². The molecule has 0 saturated heterocycles. The molecule has 7 nitrogen and oxygen atoms in total. The van der Waals surface area contributed by atoms with Crippen molar-refractivity contribution < 1.29 is 30.8 Å². The Morgan fingerprint density at radius 3 is 2.41 bits per heavy atom. The molecule has 3 saturated carbocycles. The quantitative estimate of drug-likeness (QED) is 0.284. The van der Waals surface area contributed by atoms with E-state index in [9.17, 15) is 30.8 Å². The van der Waals surface area contributed by atoms with E-state index < -0.39 is 56.9 Å². The van der Waals surface area contributed by atoms with E-state index in [0.717, 1.165) is 0 Å². The van der Waals surface area contributed by atoms with E-state index in [-0.39, 0.29) is 29.4 Å². The van der Waals surface area contributed by atoms with Crippen LogP contribution in [0.25, 0.3) is 0 Å². The lowest BCUT2D eigenvalue weighted by Gasteiger charge is -2.73. The van der Waals surface area contributed by atoms with Crippen molar-refractivity contribution in [2.45, 2.75) is 80.7 Å². The van der Waals surface area contributed by atoms with Crippen LogP contribution in [0.4, 0.5) is 17.6 Å². The highest BCUT2D eigenvalue weighted by atomic mass is 35.5. The number of sulfonamides is 1. The van der Waals surface area contributed by atoms with Gasteiger partial charge < -0.3 is 10.6 Å². The SMILES string of the molecule is CC1(C)NC(C23CC(N(Cc4ccc(Cl)c(F)c4)S(=O)(=O)c4ccccc4)(C2)C3)=N[C@H]1C(=O)NCCCC(F)(F)F. The van der Waals surface area contributed by atoms with Crippen LogP contribution in [0.15, 0.2) is 58.4 Å². The standard InChI is InChI=1S/C28H31ClF4N4O3S/c1-25(2)22(23(38)34-12-6-11-28(31,32)33)35-24(36-25)26-15-27(16-26,17-26)37(14-18-9-10-20(29)21(30)13-18)41(39,40)19-7-4-3-5-8-19/h3-5,7-10,13,22H,6,11-12,14-17H2,1-2H3,(H,34,38)(H,35,36)/t22-,26?,27?/m0/s1. The third kappa shape index (κ3) is 5.58. The van der Waals surface area contributed by atoms with E-state index in [2.05, 4.69) is 15.6 Å². The van der Waals surface area contributed by atoms with Crippen molar-refractivity contribution in [2.75, 3.05) is 6.54 Å². The summed E-state index contributed by atoms with van der Waals surface area (Å²) in [6, 6.07) is 11.5. The largest absolute Gasteiger partial charge is 0.389 e. The molecule has 3 aliphatic carbocycles. The van der Waals surface area contributed by atoms with Crippen molar-refractivity contribution in [1.82, 2.24) is 14.9 Å². The predicted molar refractivity (Wildman–Crippen MR) is 146 cm³/mol. The van der Waals surface area contributed by atoms with Crippen molar-refractivity contribution in [3.05, 3.63) is 64.9 Å². The Morgan fingerprint density at radius 1 is 1.15 bits per heavy atom. The molecule has 6 rings (SSSR count). The number of hydrogen-bond donors (Lipinski definition) is 2. The smallest absolute Gasteiger partial charge is 0.366 e. The van der Waals surface area contributed by atoms with E-state index in [0.29, 0.717) is 30.7 Å². The summed E-state index contributed by atoms with van der Waals surface area (Å²) < 4.78 is 80.7. The second-order valence-electron chi connectivity index (χ2n) is 11.8. The van der Waals surface area contributed by atoms with Gasteiger partial charge in [0.05, 0.1) is 15.5 Å². The molecular formula is C28H31ClF4N4O3S. The van der Waals surface area contributed by atoms with Gasteiger partial charge in [0.1, 0.15) is 11.7 Å². The van der Waals surface area contributed by atoms with Gasteiger partial charge in [-0.2, -0.15) is 17.5 Å². The van der Waals surface area contributed by atoms with Gasteiger partial charge in [0.2, 0.25) is 15.9 Å². The number of nitrogens with one attached hydrogen (secondary N) is 2. The number of rotatable bonds is 10. The third-order valence-corrected chi connectivity index (χ3v) is 10.5. The Hall–Kier alpha value is -2.70. The molecule has 0 aromatic heterocycles. The average Bonchev–Trinajstić information content (AvgIpc) is 3.16. The number of aliphatic imine (C=N–C) groups is 1. The zero-order chi connectivity index (χ0) is 29.8. The summed E-state index contributed by atoms with van der Waals surface area (Å²) >= 11 is 5.84. The molecule has 0 unspecified atom stereocenters. The number of benzene rings is 2. The Labute approximate surface area is 241 Å². The van der Waals surface area contributed by atoms with Crippen molar-refractivity contribution in [2.24, 2.45) is 10.4 Å². The van der Waals surface area contributed by atoms with Crippen LogP contribution < -0.4 is 10.6 Å². The molecule has 41 heavy (non-hydrogen) atoms. The first-order valence-corrected chi connectivity index (χ1v) is 15.1. The highest BCUT2D eigenvalue weighted by Gasteiger charge is 2.75. The maximum atomic E-state index is 14.2. The summed E-state index contributed by atoms with van der Waals surface area (Å²) in [5, 5.41) is 5.83. The Kier molecular flexibility index (Phi) is 7.43. The number of hydrogen-bond acceptors (Lipinski definition) is 5. The molecule has 3 fully saturated rings. The lowest BCUT2D eigenvalue weighted by molar-refractivity contribution is -0.151. The van der Waals surface area contributed by atoms with Gasteiger partial charge in [-0.05, 0) is 69.4 Å². The van der Waals surface area contributed by atoms with Gasteiger partial charge in [-0.25, -0.2) is 12.8 Å². The van der Waals surface area contributed by atoms with Crippen LogP contribution in [-0.2, 0) is 21.4 Å². The summed E-state index contributed by atoms with van der Waals surface area (Å²) in [7, 11) is -3.95. The van der Waals surface area contributed by atoms with Crippen LogP contribution in [0, 0.1) is 11.2 Å². The molecular weight excluding hydrogens is 584 g/mol. The summed E-state index contributed by atoms with van der Waals surface area (Å²) in [5.74, 6) is -0.488. The van der Waals surface area contributed by atoms with Gasteiger partial charge in [-0.15, -0.1) is 0 Å². The zero-order valence-electron chi connectivity index (χ0n) is 22.6. The van der Waals surface area contributed by atoms with E-state index in [1.807, 2.05) is 0 Å². The fourth-order valence-corrected chi connectivity index (χ4v) is 8.13. The molecule has 2 aromatic carbocycles. The number of nitrogens with zero attached hydrogens (tertiary/aromatic N) is 2. The maximum absolute atomic E-state index is 14.2. The minimum Gasteiger partial charge on any atom is -0.366 e. The zero-order valence-corrected chi connectivity index (χ0v) is 24.1. The molecule has 4 aliphatic rings. The van der Waals surface area contributed by atoms with Crippen LogP contribution in [0.1, 0.15) is 51.5 Å². The molecule has 2 aromatic rings. The first-order valence-electron chi connectivity index (χ1n) is 13.3. The van der Waals surface area contributed by atoms with E-state index >= 15 is 0 Å². The molecule has 1 aliphatic heterocycles. The lowest BCUT2D eigenvalue weighted by atomic mass is 9.38. The average molecular weight is 615 g/mol. The van der Waals surface area contributed by atoms with Gasteiger partial charge in [-0.1, -0.05) is 35.9 Å². The van der Waals surface area contributed by atoms with Crippen LogP contribution in [0.3, 0.4) is 0 Å². The second kappa shape index (κ2) is 10.2. The molecule has 0 spiro atoms. The van der Waals surface area contributed by atoms with Gasteiger partial charge >= 0.3 is 6.18 Å². The normalized spacial score (nSPS) is 26.5. The highest BCUT2D eigenvalue weighted by Crippen LogP contribution is 2.71. The summed E-state index contributed by atoms with van der Waals surface area (Å²) in [4.78, 5) is 17.6. The molecule has 13 heteroatoms. The number of amides is 1. The van der Waals surface area contributed by atoms with E-state index in [4.69, 9.17) is 11.6 Å². The van der Waals surface area contributed by atoms with Gasteiger partial charge in [0, 0.05) is 30.5 Å². The fourth-order valence-electron chi connectivity index (χ4n) is 6.23. The second-order valence-corrected chi connectivity index (χ2v) is 14.1. The van der Waals surface area contributed by atoms with Gasteiger partial charge in [0.15, 0.2) is 6.04 Å². The number of amidine groups is 1. The number of carbonyl (C=O) groups excluding carboxylic acids is 1. The van der Waals surface area contributed by atoms with Crippen molar-refractivity contribution in [3.63, 3.8) is 0 Å². The van der Waals surface area contributed by atoms with Crippen molar-refractivity contribution in [1.29, 1.82) is 0 Å². The first kappa shape index (κ1) is 29.8. The minimum absolute atomic E-state index is 0.0459. The van der Waals surface area contributed by atoms with E-state index in [1.165, 1.54) is 28.6 Å². The van der Waals surface area contributed by atoms with E-state index in [1.54, 1.807) is 38.1 Å². The summed E-state index contributed by atoms with van der Waals surface area (Å²) in [6.45, 7) is 3.44. The molecule has 1 amide bonds.